The monoisotopic (exact) mass is 908 g/mol. The molecule has 0 amide bonds. The van der Waals surface area contributed by atoms with Gasteiger partial charge in [0.1, 0.15) is 68.3 Å². The lowest BCUT2D eigenvalue weighted by atomic mass is 9.31. The van der Waals surface area contributed by atoms with Gasteiger partial charge in [-0.2, -0.15) is 0 Å². The lowest BCUT2D eigenvalue weighted by Crippen LogP contribution is -2.63. The molecule has 10 nitrogen and oxygen atoms in total. The van der Waals surface area contributed by atoms with E-state index in [2.05, 4.69) is 106 Å². The van der Waals surface area contributed by atoms with E-state index in [0.29, 0.717) is 0 Å². The fourth-order valence-corrected chi connectivity index (χ4v) is 12.9. The Morgan fingerprint density at radius 2 is 0.800 bits per heavy atom. The molecule has 4 aromatic heterocycles. The number of hydrogen-bond donors (Lipinski definition) is 0. The van der Waals surface area contributed by atoms with E-state index in [9.17, 15) is 0 Å². The predicted molar refractivity (Wildman–Crippen MR) is 278 cm³/mol. The summed E-state index contributed by atoms with van der Waals surface area (Å²) in [5.74, 6) is 5.99. The molecule has 0 aliphatic carbocycles. The summed E-state index contributed by atoms with van der Waals surface area (Å²) in [4.78, 5) is 0. The van der Waals surface area contributed by atoms with Gasteiger partial charge >= 0.3 is 0 Å². The highest BCUT2D eigenvalue weighted by molar-refractivity contribution is 7.02. The molecular weight excluding hydrogens is 874 g/mol. The van der Waals surface area contributed by atoms with Crippen LogP contribution in [0.1, 0.15) is 0 Å². The highest BCUT2D eigenvalue weighted by Crippen LogP contribution is 2.50. The molecule has 4 aliphatic heterocycles. The van der Waals surface area contributed by atoms with Gasteiger partial charge in [0.15, 0.2) is 0 Å². The molecule has 0 saturated carbocycles. The second-order valence-corrected chi connectivity index (χ2v) is 18.9. The van der Waals surface area contributed by atoms with Gasteiger partial charge in [0.2, 0.25) is 0 Å². The average Bonchev–Trinajstić information content (AvgIpc) is 4.14. The zero-order valence-electron chi connectivity index (χ0n) is 38.0. The summed E-state index contributed by atoms with van der Waals surface area (Å²) in [5, 5.41) is 8.28. The predicted octanol–water partition coefficient (Wildman–Crippen LogP) is 9.58. The van der Waals surface area contributed by atoms with Crippen LogP contribution in [0.3, 0.4) is 0 Å². The normalized spacial score (nSPS) is 13.6. The van der Waals surface area contributed by atoms with Crippen LogP contribution in [-0.2, 0) is 0 Å². The fourth-order valence-electron chi connectivity index (χ4n) is 12.9. The Labute approximate surface area is 397 Å². The smallest absolute Gasteiger partial charge is 0.256 e. The summed E-state index contributed by atoms with van der Waals surface area (Å²) in [6.45, 7) is -0.665. The number of fused-ring (bicyclic) bond motifs is 22. The van der Waals surface area contributed by atoms with Crippen molar-refractivity contribution in [3.05, 3.63) is 133 Å². The Kier molecular flexibility index (Phi) is 6.68. The number of hydrogen-bond acceptors (Lipinski definition) is 8. The second kappa shape index (κ2) is 12.6. The van der Waals surface area contributed by atoms with E-state index in [1.807, 2.05) is 36.4 Å². The third-order valence-electron chi connectivity index (χ3n) is 15.8. The van der Waals surface area contributed by atoms with E-state index < -0.39 is 0 Å². The Morgan fingerprint density at radius 3 is 1.24 bits per heavy atom. The van der Waals surface area contributed by atoms with Crippen molar-refractivity contribution in [1.29, 1.82) is 0 Å². The first-order valence-electron chi connectivity index (χ1n) is 23.4. The van der Waals surface area contributed by atoms with Crippen molar-refractivity contribution in [2.45, 2.75) is 0 Å². The standard InChI is InChI=1S/C58H34B2N2O8/c1-63-27-13-15-43-33(17-27)37-19-29(65-3)21-41-53(37)61(43)55-51-58(70-49-25-47-35(23-39(49)59(41)51)31-9-5-7-11-45(31)67-47)56-52-57(55)69-50-26-48-36(32-10-6-8-12-46(32)68-48)24-40(50)60(52)42-22-30(66-4)20-38-34-18-28(64-2)14-16-44(34)62(56)54(38)42/h5-26H,1-4H3. The zero-order valence-corrected chi connectivity index (χ0v) is 38.0. The lowest BCUT2D eigenvalue weighted by Gasteiger charge is -2.41. The highest BCUT2D eigenvalue weighted by Gasteiger charge is 2.51. The van der Waals surface area contributed by atoms with E-state index >= 15 is 0 Å². The van der Waals surface area contributed by atoms with Gasteiger partial charge in [0.25, 0.3) is 13.4 Å². The van der Waals surface area contributed by atoms with Crippen LogP contribution in [0.25, 0.3) is 98.9 Å². The van der Waals surface area contributed by atoms with Crippen molar-refractivity contribution in [1.82, 2.24) is 9.13 Å². The summed E-state index contributed by atoms with van der Waals surface area (Å²) in [6, 6.07) is 46.5. The third kappa shape index (κ3) is 4.31. The van der Waals surface area contributed by atoms with Gasteiger partial charge in [0, 0.05) is 77.2 Å². The maximum atomic E-state index is 7.68. The molecule has 4 aliphatic rings. The van der Waals surface area contributed by atoms with Crippen LogP contribution in [-0.4, -0.2) is 51.0 Å². The largest absolute Gasteiger partial charge is 0.497 e. The first-order valence-corrected chi connectivity index (χ1v) is 23.4. The van der Waals surface area contributed by atoms with Crippen molar-refractivity contribution in [3.63, 3.8) is 0 Å². The zero-order chi connectivity index (χ0) is 46.0. The van der Waals surface area contributed by atoms with E-state index in [1.165, 1.54) is 0 Å². The van der Waals surface area contributed by atoms with Crippen LogP contribution < -0.4 is 61.2 Å². The van der Waals surface area contributed by atoms with E-state index in [0.717, 1.165) is 178 Å². The number of nitrogens with zero attached hydrogens (tertiary/aromatic N) is 2. The van der Waals surface area contributed by atoms with Gasteiger partial charge in [0.05, 0.1) is 50.8 Å². The molecule has 12 heteroatoms. The van der Waals surface area contributed by atoms with Crippen LogP contribution in [0.2, 0.25) is 0 Å². The first kappa shape index (κ1) is 37.1. The summed E-state index contributed by atoms with van der Waals surface area (Å²) in [6.07, 6.45) is 0. The first-order chi connectivity index (χ1) is 34.5. The lowest BCUT2D eigenvalue weighted by molar-refractivity contribution is 0.415. The van der Waals surface area contributed by atoms with Gasteiger partial charge in [-0.15, -0.1) is 0 Å². The molecule has 0 spiro atoms. The number of methoxy groups -OCH3 is 4. The molecule has 0 unspecified atom stereocenters. The van der Waals surface area contributed by atoms with Gasteiger partial charge in [-0.1, -0.05) is 48.5 Å². The molecule has 9 aromatic carbocycles. The summed E-state index contributed by atoms with van der Waals surface area (Å²) < 4.78 is 57.6. The number of aromatic nitrogens is 2. The van der Waals surface area contributed by atoms with Gasteiger partial charge in [-0.05, 0) is 94.6 Å². The second-order valence-electron chi connectivity index (χ2n) is 18.9. The van der Waals surface area contributed by atoms with Gasteiger partial charge in [-0.25, -0.2) is 0 Å². The van der Waals surface area contributed by atoms with E-state index in [1.54, 1.807) is 28.4 Å². The SMILES string of the molecule is COc1ccc2c(c1)c1cc(OC)cc3c1n2-c1c2c4c(c5c1B3c1cc3c(cc1O5)oc1ccccc13)-n1c3ccc(OC)cc3c3cc(OC)cc(c31)B4c1cc3c(cc1O2)oc1ccccc13. The summed E-state index contributed by atoms with van der Waals surface area (Å²) >= 11 is 0. The van der Waals surface area contributed by atoms with Crippen molar-refractivity contribution in [3.8, 4) is 57.4 Å². The Morgan fingerprint density at radius 1 is 0.371 bits per heavy atom. The van der Waals surface area contributed by atoms with Gasteiger partial charge < -0.3 is 46.4 Å². The summed E-state index contributed by atoms with van der Waals surface area (Å²) in [7, 11) is 6.91. The van der Waals surface area contributed by atoms with Gasteiger partial charge in [-0.3, -0.25) is 0 Å². The molecule has 70 heavy (non-hydrogen) atoms. The Bertz CT molecular complexity index is 4340. The molecule has 0 radical (unpaired) electrons. The molecule has 0 saturated heterocycles. The number of benzene rings is 9. The molecule has 0 atom stereocenters. The summed E-state index contributed by atoms with van der Waals surface area (Å²) in [5.41, 5.74) is 15.3. The molecule has 0 bridgehead atoms. The van der Waals surface area contributed by atoms with Crippen molar-refractivity contribution in [2.24, 2.45) is 0 Å². The number of ether oxygens (including phenoxy) is 6. The molecule has 0 N–H and O–H groups in total. The minimum Gasteiger partial charge on any atom is -0.497 e. The quantitative estimate of drug-likeness (QED) is 0.162. The fraction of sp³-hybridized carbons (Fsp3) is 0.0690. The topological polar surface area (TPSA) is 91.5 Å². The molecule has 13 aromatic rings. The minimum absolute atomic E-state index is 0.333. The van der Waals surface area contributed by atoms with E-state index in [4.69, 9.17) is 37.3 Å². The molecule has 0 fully saturated rings. The molecular formula is C58H34B2N2O8. The van der Waals surface area contributed by atoms with Crippen LogP contribution >= 0.6 is 0 Å². The van der Waals surface area contributed by atoms with Crippen LogP contribution in [0, 0.1) is 0 Å². The number of furan rings is 2. The molecule has 17 rings (SSSR count). The van der Waals surface area contributed by atoms with Crippen LogP contribution in [0.15, 0.2) is 142 Å². The maximum Gasteiger partial charge on any atom is 0.256 e. The third-order valence-corrected chi connectivity index (χ3v) is 15.8. The van der Waals surface area contributed by atoms with E-state index in [-0.39, 0.29) is 13.4 Å². The maximum absolute atomic E-state index is 7.68. The average molecular weight is 909 g/mol. The number of para-hydroxylation sites is 2. The van der Waals surface area contributed by atoms with Crippen LogP contribution in [0.5, 0.6) is 46.0 Å². The van der Waals surface area contributed by atoms with Crippen molar-refractivity contribution >= 4 is 134 Å². The minimum atomic E-state index is -0.333. The molecule has 8 heterocycles. The van der Waals surface area contributed by atoms with Crippen LogP contribution in [0.4, 0.5) is 0 Å². The highest BCUT2D eigenvalue weighted by atomic mass is 16.5. The Hall–Kier alpha value is -8.89. The number of rotatable bonds is 4. The Balaban J connectivity index is 1.11. The van der Waals surface area contributed by atoms with Crippen molar-refractivity contribution in [2.75, 3.05) is 28.4 Å². The molecule has 330 valence electrons. The van der Waals surface area contributed by atoms with Crippen molar-refractivity contribution < 1.29 is 37.3 Å².